The minimum Gasteiger partial charge on any atom is -0.325 e. The van der Waals surface area contributed by atoms with E-state index in [-0.39, 0.29) is 12.5 Å². The van der Waals surface area contributed by atoms with E-state index in [1.165, 1.54) is 4.57 Å². The maximum absolute atomic E-state index is 12.7. The van der Waals surface area contributed by atoms with Crippen LogP contribution in [0.5, 0.6) is 0 Å². The van der Waals surface area contributed by atoms with Crippen molar-refractivity contribution in [1.29, 1.82) is 0 Å². The summed E-state index contributed by atoms with van der Waals surface area (Å²) in [6.45, 7) is 2.38. The van der Waals surface area contributed by atoms with Gasteiger partial charge in [-0.1, -0.05) is 6.92 Å². The van der Waals surface area contributed by atoms with E-state index in [4.69, 9.17) is 5.73 Å². The number of aromatic nitrogens is 2. The van der Waals surface area contributed by atoms with Crippen LogP contribution in [0, 0.1) is 0 Å². The van der Waals surface area contributed by atoms with Crippen LogP contribution in [0.1, 0.15) is 42.9 Å². The third kappa shape index (κ3) is 1.71. The second kappa shape index (κ2) is 3.76. The lowest BCUT2D eigenvalue weighted by Crippen LogP contribution is -2.21. The summed E-state index contributed by atoms with van der Waals surface area (Å²) in [5, 5.41) is 0. The van der Waals surface area contributed by atoms with Crippen LogP contribution in [0.2, 0.25) is 0 Å². The topological polar surface area (TPSA) is 43.8 Å². The largest absolute Gasteiger partial charge is 0.449 e. The Morgan fingerprint density at radius 2 is 2.19 bits per heavy atom. The first-order valence-corrected chi connectivity index (χ1v) is 5.31. The Morgan fingerprint density at radius 1 is 1.50 bits per heavy atom. The first-order chi connectivity index (χ1) is 7.45. The van der Waals surface area contributed by atoms with Gasteiger partial charge in [0.25, 0.3) is 0 Å². The van der Waals surface area contributed by atoms with E-state index < -0.39 is 12.0 Å². The zero-order valence-electron chi connectivity index (χ0n) is 9.01. The summed E-state index contributed by atoms with van der Waals surface area (Å²) in [5.41, 5.74) is 6.51. The molecule has 2 N–H and O–H groups in total. The molecule has 0 aliphatic carbocycles. The summed E-state index contributed by atoms with van der Waals surface area (Å²) < 4.78 is 39.5. The molecule has 16 heavy (non-hydrogen) atoms. The Balaban J connectivity index is 2.57. The molecule has 0 aromatic carbocycles. The predicted molar refractivity (Wildman–Crippen MR) is 52.8 cm³/mol. The second-order valence-corrected chi connectivity index (χ2v) is 4.16. The molecular formula is C10H14F3N3. The molecule has 2 rings (SSSR count). The van der Waals surface area contributed by atoms with Crippen molar-refractivity contribution in [3.05, 3.63) is 17.2 Å². The third-order valence-corrected chi connectivity index (χ3v) is 3.02. The SMILES string of the molecule is CC1CCCn2c(C(F)(F)F)nc(CN)c21. The van der Waals surface area contributed by atoms with Gasteiger partial charge >= 0.3 is 6.18 Å². The fourth-order valence-corrected chi connectivity index (χ4v) is 2.35. The average Bonchev–Trinajstić information content (AvgIpc) is 2.57. The molecule has 1 aromatic heterocycles. The van der Waals surface area contributed by atoms with E-state index in [1.54, 1.807) is 0 Å². The van der Waals surface area contributed by atoms with Gasteiger partial charge in [-0.15, -0.1) is 0 Å². The van der Waals surface area contributed by atoms with Crippen LogP contribution in [-0.2, 0) is 19.3 Å². The van der Waals surface area contributed by atoms with E-state index in [0.29, 0.717) is 17.9 Å². The maximum Gasteiger partial charge on any atom is 0.449 e. The normalized spacial score (nSPS) is 20.9. The molecule has 0 spiro atoms. The molecule has 0 fully saturated rings. The van der Waals surface area contributed by atoms with Crippen molar-refractivity contribution in [2.24, 2.45) is 5.73 Å². The molecule has 1 unspecified atom stereocenters. The van der Waals surface area contributed by atoms with Crippen LogP contribution in [0.25, 0.3) is 0 Å². The first-order valence-electron chi connectivity index (χ1n) is 5.31. The summed E-state index contributed by atoms with van der Waals surface area (Å²) in [6.07, 6.45) is -2.73. The van der Waals surface area contributed by atoms with Crippen molar-refractivity contribution >= 4 is 0 Å². The molecule has 2 heterocycles. The Kier molecular flexibility index (Phi) is 2.69. The molecule has 90 valence electrons. The van der Waals surface area contributed by atoms with Crippen LogP contribution in [-0.4, -0.2) is 9.55 Å². The zero-order chi connectivity index (χ0) is 11.9. The lowest BCUT2D eigenvalue weighted by molar-refractivity contribution is -0.147. The Bertz CT molecular complexity index is 395. The summed E-state index contributed by atoms with van der Waals surface area (Å²) >= 11 is 0. The quantitative estimate of drug-likeness (QED) is 0.808. The standard InChI is InChI=1S/C10H14F3N3/c1-6-3-2-4-16-8(6)7(5-14)15-9(16)10(11,12)13/h6H,2-5,14H2,1H3. The van der Waals surface area contributed by atoms with Gasteiger partial charge in [0.1, 0.15) is 0 Å². The van der Waals surface area contributed by atoms with Crippen LogP contribution in [0.4, 0.5) is 13.2 Å². The van der Waals surface area contributed by atoms with Gasteiger partial charge in [-0.25, -0.2) is 4.98 Å². The Hall–Kier alpha value is -1.04. The Labute approximate surface area is 91.5 Å². The summed E-state index contributed by atoms with van der Waals surface area (Å²) in [4.78, 5) is 3.64. The lowest BCUT2D eigenvalue weighted by atomic mass is 9.96. The molecule has 0 radical (unpaired) electrons. The van der Waals surface area contributed by atoms with Crippen molar-refractivity contribution < 1.29 is 13.2 Å². The smallest absolute Gasteiger partial charge is 0.325 e. The highest BCUT2D eigenvalue weighted by Crippen LogP contribution is 2.36. The van der Waals surface area contributed by atoms with Gasteiger partial charge in [0.2, 0.25) is 5.82 Å². The molecule has 1 atom stereocenters. The Morgan fingerprint density at radius 3 is 2.75 bits per heavy atom. The van der Waals surface area contributed by atoms with E-state index in [0.717, 1.165) is 12.8 Å². The van der Waals surface area contributed by atoms with Crippen molar-refractivity contribution in [1.82, 2.24) is 9.55 Å². The van der Waals surface area contributed by atoms with Crippen molar-refractivity contribution in [2.75, 3.05) is 0 Å². The highest BCUT2D eigenvalue weighted by molar-refractivity contribution is 5.23. The molecule has 0 bridgehead atoms. The minimum atomic E-state index is -4.39. The number of nitrogens with two attached hydrogens (primary N) is 1. The van der Waals surface area contributed by atoms with E-state index in [9.17, 15) is 13.2 Å². The number of hydrogen-bond acceptors (Lipinski definition) is 2. The molecule has 1 aliphatic rings. The summed E-state index contributed by atoms with van der Waals surface area (Å²) in [5.74, 6) is -0.689. The predicted octanol–water partition coefficient (Wildman–Crippen LogP) is 2.26. The summed E-state index contributed by atoms with van der Waals surface area (Å²) in [6, 6.07) is 0. The number of nitrogens with zero attached hydrogens (tertiary/aromatic N) is 2. The van der Waals surface area contributed by atoms with Gasteiger partial charge in [0.05, 0.1) is 5.69 Å². The van der Waals surface area contributed by atoms with Gasteiger partial charge in [0, 0.05) is 18.8 Å². The molecular weight excluding hydrogens is 219 g/mol. The highest BCUT2D eigenvalue weighted by atomic mass is 19.4. The first kappa shape index (κ1) is 11.4. The highest BCUT2D eigenvalue weighted by Gasteiger charge is 2.40. The van der Waals surface area contributed by atoms with E-state index >= 15 is 0 Å². The van der Waals surface area contributed by atoms with E-state index in [1.807, 2.05) is 6.92 Å². The minimum absolute atomic E-state index is 0.0652. The van der Waals surface area contributed by atoms with Crippen LogP contribution < -0.4 is 5.73 Å². The molecule has 0 amide bonds. The average molecular weight is 233 g/mol. The third-order valence-electron chi connectivity index (χ3n) is 3.02. The number of alkyl halides is 3. The van der Waals surface area contributed by atoms with Crippen LogP contribution >= 0.6 is 0 Å². The van der Waals surface area contributed by atoms with Gasteiger partial charge < -0.3 is 10.3 Å². The van der Waals surface area contributed by atoms with Gasteiger partial charge in [0.15, 0.2) is 0 Å². The number of imidazole rings is 1. The van der Waals surface area contributed by atoms with Crippen molar-refractivity contribution in [2.45, 2.75) is 44.9 Å². The van der Waals surface area contributed by atoms with E-state index in [2.05, 4.69) is 4.98 Å². The zero-order valence-corrected chi connectivity index (χ0v) is 9.01. The molecule has 6 heteroatoms. The van der Waals surface area contributed by atoms with Gasteiger partial charge in [-0.3, -0.25) is 0 Å². The van der Waals surface area contributed by atoms with Crippen molar-refractivity contribution in [3.63, 3.8) is 0 Å². The lowest BCUT2D eigenvalue weighted by Gasteiger charge is -2.23. The van der Waals surface area contributed by atoms with Gasteiger partial charge in [-0.2, -0.15) is 13.2 Å². The maximum atomic E-state index is 12.7. The van der Waals surface area contributed by atoms with Gasteiger partial charge in [-0.05, 0) is 18.8 Å². The molecule has 3 nitrogen and oxygen atoms in total. The molecule has 0 saturated carbocycles. The van der Waals surface area contributed by atoms with Crippen molar-refractivity contribution in [3.8, 4) is 0 Å². The fraction of sp³-hybridized carbons (Fsp3) is 0.700. The molecule has 1 aliphatic heterocycles. The number of rotatable bonds is 1. The molecule has 1 aromatic rings. The monoisotopic (exact) mass is 233 g/mol. The number of halogens is 3. The van der Waals surface area contributed by atoms with Crippen LogP contribution in [0.3, 0.4) is 0 Å². The number of fused-ring (bicyclic) bond motifs is 1. The molecule has 0 saturated heterocycles. The van der Waals surface area contributed by atoms with Crippen LogP contribution in [0.15, 0.2) is 0 Å². The number of hydrogen-bond donors (Lipinski definition) is 1. The fourth-order valence-electron chi connectivity index (χ4n) is 2.35. The second-order valence-electron chi connectivity index (χ2n) is 4.16. The summed E-state index contributed by atoms with van der Waals surface area (Å²) in [7, 11) is 0.